The number of anilines is 1. The molecule has 1 aromatic heterocycles. The lowest BCUT2D eigenvalue weighted by molar-refractivity contribution is 0.351. The number of hydrogen-bond acceptors (Lipinski definition) is 7. The molecule has 3 aromatic rings. The third kappa shape index (κ3) is 3.79. The molecule has 1 aliphatic rings. The minimum atomic E-state index is 0.249. The molecule has 1 aliphatic heterocycles. The van der Waals surface area contributed by atoms with Crippen molar-refractivity contribution in [2.24, 2.45) is 5.92 Å². The average Bonchev–Trinajstić information content (AvgIpc) is 3.25. The van der Waals surface area contributed by atoms with Crippen LogP contribution < -0.4 is 19.1 Å². The van der Waals surface area contributed by atoms with Gasteiger partial charge >= 0.3 is 0 Å². The summed E-state index contributed by atoms with van der Waals surface area (Å²) >= 11 is 1.58. The second kappa shape index (κ2) is 8.37. The number of thiazole rings is 1. The Bertz CT molecular complexity index is 971. The van der Waals surface area contributed by atoms with E-state index in [0.717, 1.165) is 59.9 Å². The molecule has 2 heterocycles. The highest BCUT2D eigenvalue weighted by Gasteiger charge is 2.25. The highest BCUT2D eigenvalue weighted by atomic mass is 32.1. The Balaban J connectivity index is 1.49. The van der Waals surface area contributed by atoms with Crippen molar-refractivity contribution in [1.82, 2.24) is 4.98 Å². The van der Waals surface area contributed by atoms with Gasteiger partial charge in [-0.05, 0) is 37.3 Å². The van der Waals surface area contributed by atoms with Gasteiger partial charge < -0.3 is 24.2 Å². The van der Waals surface area contributed by atoms with E-state index in [4.69, 9.17) is 14.2 Å². The first kappa shape index (κ1) is 19.6. The summed E-state index contributed by atoms with van der Waals surface area (Å²) < 4.78 is 17.6. The largest absolute Gasteiger partial charge is 0.506 e. The van der Waals surface area contributed by atoms with Gasteiger partial charge in [0.15, 0.2) is 0 Å². The number of methoxy groups -OCH3 is 3. The second-order valence-corrected chi connectivity index (χ2v) is 8.13. The maximum absolute atomic E-state index is 10.0. The molecule has 0 spiro atoms. The number of ether oxygens (including phenoxy) is 3. The van der Waals surface area contributed by atoms with Crippen molar-refractivity contribution in [2.45, 2.75) is 19.3 Å². The molecular formula is C22H26N2O4S. The van der Waals surface area contributed by atoms with Crippen LogP contribution in [-0.4, -0.2) is 44.5 Å². The maximum atomic E-state index is 10.0. The van der Waals surface area contributed by atoms with Gasteiger partial charge in [0, 0.05) is 30.8 Å². The SMILES string of the molecule is COc1cc(OC)c(CC2CCN(c3ccc(O)c4ncsc34)CC2)c(OC)c1. The number of fused-ring (bicyclic) bond motifs is 1. The molecule has 0 saturated carbocycles. The zero-order valence-electron chi connectivity index (χ0n) is 17.0. The molecule has 0 atom stereocenters. The lowest BCUT2D eigenvalue weighted by Crippen LogP contribution is -2.34. The Labute approximate surface area is 174 Å². The first-order chi connectivity index (χ1) is 14.1. The third-order valence-electron chi connectivity index (χ3n) is 5.71. The standard InChI is InChI=1S/C22H26N2O4S/c1-26-15-11-19(27-2)16(20(12-15)28-3)10-14-6-8-24(9-7-14)17-4-5-18(25)21-22(17)29-13-23-21/h4-5,11-14,25H,6-10H2,1-3H3. The van der Waals surface area contributed by atoms with E-state index in [1.165, 1.54) is 5.69 Å². The Hall–Kier alpha value is -2.67. The zero-order chi connectivity index (χ0) is 20.4. The number of benzene rings is 2. The van der Waals surface area contributed by atoms with Gasteiger partial charge in [-0.25, -0.2) is 4.98 Å². The van der Waals surface area contributed by atoms with Gasteiger partial charge in [-0.15, -0.1) is 11.3 Å². The zero-order valence-corrected chi connectivity index (χ0v) is 17.8. The molecule has 2 aromatic carbocycles. The van der Waals surface area contributed by atoms with Crippen molar-refractivity contribution in [3.8, 4) is 23.0 Å². The van der Waals surface area contributed by atoms with Gasteiger partial charge in [0.1, 0.15) is 28.5 Å². The first-order valence-corrected chi connectivity index (χ1v) is 10.6. The number of rotatable bonds is 6. The fraction of sp³-hybridized carbons (Fsp3) is 0.409. The number of phenolic OH excluding ortho intramolecular Hbond substituents is 1. The molecule has 0 amide bonds. The van der Waals surface area contributed by atoms with Crippen LogP contribution in [0.15, 0.2) is 29.8 Å². The molecule has 0 radical (unpaired) electrons. The van der Waals surface area contributed by atoms with Gasteiger partial charge in [0.05, 0.1) is 37.2 Å². The van der Waals surface area contributed by atoms with E-state index >= 15 is 0 Å². The number of nitrogens with zero attached hydrogens (tertiary/aromatic N) is 2. The van der Waals surface area contributed by atoms with Crippen molar-refractivity contribution in [3.05, 3.63) is 35.3 Å². The Morgan fingerprint density at radius 3 is 2.38 bits per heavy atom. The van der Waals surface area contributed by atoms with Crippen molar-refractivity contribution >= 4 is 27.2 Å². The van der Waals surface area contributed by atoms with Crippen LogP contribution in [0, 0.1) is 5.92 Å². The molecular weight excluding hydrogens is 388 g/mol. The van der Waals surface area contributed by atoms with E-state index in [1.54, 1.807) is 44.2 Å². The molecule has 154 valence electrons. The van der Waals surface area contributed by atoms with Crippen LogP contribution in [0.25, 0.3) is 10.2 Å². The van der Waals surface area contributed by atoms with E-state index in [0.29, 0.717) is 11.4 Å². The highest BCUT2D eigenvalue weighted by Crippen LogP contribution is 2.39. The number of phenols is 1. The fourth-order valence-electron chi connectivity index (χ4n) is 4.12. The number of aromatic hydroxyl groups is 1. The first-order valence-electron chi connectivity index (χ1n) is 9.73. The van der Waals surface area contributed by atoms with Crippen LogP contribution in [0.4, 0.5) is 5.69 Å². The number of hydrogen-bond donors (Lipinski definition) is 1. The Kier molecular flexibility index (Phi) is 5.67. The van der Waals surface area contributed by atoms with Gasteiger partial charge in [0.2, 0.25) is 0 Å². The van der Waals surface area contributed by atoms with Crippen LogP contribution in [0.2, 0.25) is 0 Å². The third-order valence-corrected chi connectivity index (χ3v) is 6.56. The molecule has 1 N–H and O–H groups in total. The van der Waals surface area contributed by atoms with E-state index in [9.17, 15) is 5.11 Å². The smallest absolute Gasteiger partial charge is 0.142 e. The van der Waals surface area contributed by atoms with Crippen LogP contribution >= 0.6 is 11.3 Å². The van der Waals surface area contributed by atoms with Crippen LogP contribution in [0.1, 0.15) is 18.4 Å². The molecule has 4 rings (SSSR count). The number of piperidine rings is 1. The van der Waals surface area contributed by atoms with E-state index in [-0.39, 0.29) is 5.75 Å². The summed E-state index contributed by atoms with van der Waals surface area (Å²) in [6.07, 6.45) is 3.08. The molecule has 0 bridgehead atoms. The fourth-order valence-corrected chi connectivity index (χ4v) is 4.97. The van der Waals surface area contributed by atoms with Crippen molar-refractivity contribution in [3.63, 3.8) is 0 Å². The highest BCUT2D eigenvalue weighted by molar-refractivity contribution is 7.17. The van der Waals surface area contributed by atoms with Crippen LogP contribution in [-0.2, 0) is 6.42 Å². The van der Waals surface area contributed by atoms with Crippen molar-refractivity contribution in [1.29, 1.82) is 0 Å². The molecule has 29 heavy (non-hydrogen) atoms. The summed E-state index contributed by atoms with van der Waals surface area (Å²) in [5.41, 5.74) is 4.76. The Morgan fingerprint density at radius 1 is 1.07 bits per heavy atom. The van der Waals surface area contributed by atoms with Gasteiger partial charge in [-0.2, -0.15) is 0 Å². The van der Waals surface area contributed by atoms with Crippen molar-refractivity contribution in [2.75, 3.05) is 39.3 Å². The van der Waals surface area contributed by atoms with Crippen LogP contribution in [0.5, 0.6) is 23.0 Å². The second-order valence-electron chi connectivity index (χ2n) is 7.28. The van der Waals surface area contributed by atoms with Crippen LogP contribution in [0.3, 0.4) is 0 Å². The van der Waals surface area contributed by atoms with Gasteiger partial charge in [-0.1, -0.05) is 0 Å². The minimum Gasteiger partial charge on any atom is -0.506 e. The van der Waals surface area contributed by atoms with Crippen molar-refractivity contribution < 1.29 is 19.3 Å². The minimum absolute atomic E-state index is 0.249. The molecule has 1 saturated heterocycles. The molecule has 1 fully saturated rings. The summed E-state index contributed by atoms with van der Waals surface area (Å²) in [6, 6.07) is 7.59. The molecule has 6 nitrogen and oxygen atoms in total. The predicted molar refractivity (Wildman–Crippen MR) is 116 cm³/mol. The molecule has 0 unspecified atom stereocenters. The lowest BCUT2D eigenvalue weighted by atomic mass is 9.89. The summed E-state index contributed by atoms with van der Waals surface area (Å²) in [5.74, 6) is 3.16. The van der Waals surface area contributed by atoms with E-state index in [2.05, 4.69) is 9.88 Å². The monoisotopic (exact) mass is 414 g/mol. The summed E-state index contributed by atoms with van der Waals surface area (Å²) in [7, 11) is 5.02. The average molecular weight is 415 g/mol. The lowest BCUT2D eigenvalue weighted by Gasteiger charge is -2.34. The van der Waals surface area contributed by atoms with E-state index < -0.39 is 0 Å². The molecule has 7 heteroatoms. The van der Waals surface area contributed by atoms with Gasteiger partial charge in [0.25, 0.3) is 0 Å². The molecule has 0 aliphatic carbocycles. The topological polar surface area (TPSA) is 64.1 Å². The Morgan fingerprint density at radius 2 is 1.76 bits per heavy atom. The summed E-state index contributed by atoms with van der Waals surface area (Å²) in [5, 5.41) is 10.0. The van der Waals surface area contributed by atoms with E-state index in [1.807, 2.05) is 18.2 Å². The predicted octanol–water partition coefficient (Wildman–Crippen LogP) is 4.49. The summed E-state index contributed by atoms with van der Waals surface area (Å²) in [6.45, 7) is 1.95. The quantitative estimate of drug-likeness (QED) is 0.641. The number of aromatic nitrogens is 1. The van der Waals surface area contributed by atoms with Gasteiger partial charge in [-0.3, -0.25) is 0 Å². The maximum Gasteiger partial charge on any atom is 0.142 e. The normalized spacial score (nSPS) is 14.9. The summed E-state index contributed by atoms with van der Waals surface area (Å²) in [4.78, 5) is 6.70.